The lowest BCUT2D eigenvalue weighted by Gasteiger charge is -2.03. The molecule has 0 N–H and O–H groups in total. The number of aryl methyl sites for hydroxylation is 2. The topological polar surface area (TPSA) is 22.4 Å². The van der Waals surface area contributed by atoms with Crippen LogP contribution in [0.4, 0.5) is 0 Å². The van der Waals surface area contributed by atoms with E-state index in [4.69, 9.17) is 9.15 Å². The molecule has 1 aromatic carbocycles. The molecular weight excluding hydrogens is 224 g/mol. The number of hydrogen-bond acceptors (Lipinski definition) is 2. The molecule has 0 atom stereocenters. The van der Waals surface area contributed by atoms with Crippen molar-refractivity contribution < 1.29 is 9.15 Å². The van der Waals surface area contributed by atoms with Crippen LogP contribution < -0.4 is 0 Å². The predicted octanol–water partition coefficient (Wildman–Crippen LogP) is 4.26. The molecule has 96 valence electrons. The van der Waals surface area contributed by atoms with Crippen molar-refractivity contribution in [3.05, 3.63) is 59.0 Å². The zero-order valence-corrected chi connectivity index (χ0v) is 11.1. The van der Waals surface area contributed by atoms with E-state index in [1.165, 1.54) is 11.1 Å². The molecule has 18 heavy (non-hydrogen) atoms. The zero-order valence-electron chi connectivity index (χ0n) is 11.1. The van der Waals surface area contributed by atoms with Crippen LogP contribution in [-0.4, -0.2) is 0 Å². The molecule has 0 unspecified atom stereocenters. The summed E-state index contributed by atoms with van der Waals surface area (Å²) in [6, 6.07) is 12.3. The summed E-state index contributed by atoms with van der Waals surface area (Å²) in [5.41, 5.74) is 2.38. The van der Waals surface area contributed by atoms with Gasteiger partial charge in [-0.05, 0) is 30.5 Å². The van der Waals surface area contributed by atoms with Crippen molar-refractivity contribution >= 4 is 0 Å². The third-order valence-electron chi connectivity index (χ3n) is 2.91. The maximum Gasteiger partial charge on any atom is 0.132 e. The molecule has 1 heterocycles. The lowest BCUT2D eigenvalue weighted by Crippen LogP contribution is -1.94. The average molecular weight is 244 g/mol. The third-order valence-corrected chi connectivity index (χ3v) is 2.91. The summed E-state index contributed by atoms with van der Waals surface area (Å²) < 4.78 is 11.5. The van der Waals surface area contributed by atoms with Gasteiger partial charge in [0, 0.05) is 6.42 Å². The largest absolute Gasteiger partial charge is 0.463 e. The second-order valence-electron chi connectivity index (χ2n) is 4.55. The van der Waals surface area contributed by atoms with Crippen molar-refractivity contribution in [2.75, 3.05) is 0 Å². The first-order chi connectivity index (χ1) is 8.79. The molecule has 2 rings (SSSR count). The van der Waals surface area contributed by atoms with Crippen molar-refractivity contribution in [3.8, 4) is 0 Å². The monoisotopic (exact) mass is 244 g/mol. The number of benzene rings is 1. The Morgan fingerprint density at radius 3 is 2.61 bits per heavy atom. The van der Waals surface area contributed by atoms with E-state index >= 15 is 0 Å². The van der Waals surface area contributed by atoms with Gasteiger partial charge >= 0.3 is 0 Å². The fourth-order valence-corrected chi connectivity index (χ4v) is 1.94. The summed E-state index contributed by atoms with van der Waals surface area (Å²) in [6.07, 6.45) is 2.11. The molecule has 1 aromatic heterocycles. The second kappa shape index (κ2) is 6.41. The first-order valence-corrected chi connectivity index (χ1v) is 6.49. The highest BCUT2D eigenvalue weighted by molar-refractivity contribution is 5.19. The van der Waals surface area contributed by atoms with Crippen LogP contribution in [0.3, 0.4) is 0 Å². The average Bonchev–Trinajstić information content (AvgIpc) is 2.72. The molecule has 2 heteroatoms. The molecule has 0 spiro atoms. The molecule has 0 saturated carbocycles. The highest BCUT2D eigenvalue weighted by atomic mass is 16.5. The Morgan fingerprint density at radius 1 is 1.11 bits per heavy atom. The van der Waals surface area contributed by atoms with Crippen molar-refractivity contribution in [3.63, 3.8) is 0 Å². The van der Waals surface area contributed by atoms with Crippen LogP contribution in [0.25, 0.3) is 0 Å². The van der Waals surface area contributed by atoms with Gasteiger partial charge in [-0.1, -0.05) is 37.3 Å². The minimum Gasteiger partial charge on any atom is -0.463 e. The molecule has 2 nitrogen and oxygen atoms in total. The Balaban J connectivity index is 1.86. The van der Waals surface area contributed by atoms with Crippen LogP contribution in [0.5, 0.6) is 0 Å². The highest BCUT2D eigenvalue weighted by Gasteiger charge is 2.07. The van der Waals surface area contributed by atoms with Crippen molar-refractivity contribution in [1.82, 2.24) is 0 Å². The van der Waals surface area contributed by atoms with Gasteiger partial charge in [-0.2, -0.15) is 0 Å². The smallest absolute Gasteiger partial charge is 0.132 e. The summed E-state index contributed by atoms with van der Waals surface area (Å²) in [4.78, 5) is 0. The zero-order chi connectivity index (χ0) is 12.8. The van der Waals surface area contributed by atoms with Gasteiger partial charge in [0.25, 0.3) is 0 Å². The molecule has 0 aliphatic carbocycles. The molecular formula is C16H20O2. The van der Waals surface area contributed by atoms with Gasteiger partial charge < -0.3 is 9.15 Å². The summed E-state index contributed by atoms with van der Waals surface area (Å²) in [7, 11) is 0. The van der Waals surface area contributed by atoms with Gasteiger partial charge in [0.1, 0.15) is 18.1 Å². The first-order valence-electron chi connectivity index (χ1n) is 6.49. The van der Waals surface area contributed by atoms with E-state index in [1.54, 1.807) is 0 Å². The molecule has 0 bridgehead atoms. The maximum atomic E-state index is 5.77. The summed E-state index contributed by atoms with van der Waals surface area (Å²) in [5, 5.41) is 0. The number of hydrogen-bond donors (Lipinski definition) is 0. The van der Waals surface area contributed by atoms with Crippen LogP contribution in [0.15, 0.2) is 40.8 Å². The number of furan rings is 1. The predicted molar refractivity (Wildman–Crippen MR) is 72.4 cm³/mol. The summed E-state index contributed by atoms with van der Waals surface area (Å²) in [6.45, 7) is 5.40. The van der Waals surface area contributed by atoms with E-state index in [0.29, 0.717) is 13.2 Å². The van der Waals surface area contributed by atoms with E-state index in [2.05, 4.69) is 32.0 Å². The molecule has 0 amide bonds. The molecule has 0 aliphatic heterocycles. The lowest BCUT2D eigenvalue weighted by molar-refractivity contribution is 0.0916. The van der Waals surface area contributed by atoms with Crippen LogP contribution >= 0.6 is 0 Å². The Hall–Kier alpha value is -1.54. The maximum absolute atomic E-state index is 5.77. The Labute approximate surface area is 109 Å². The Bertz CT molecular complexity index is 471. The molecule has 0 saturated heterocycles. The number of rotatable bonds is 6. The van der Waals surface area contributed by atoms with Gasteiger partial charge in [0.15, 0.2) is 0 Å². The highest BCUT2D eigenvalue weighted by Crippen LogP contribution is 2.17. The van der Waals surface area contributed by atoms with Gasteiger partial charge in [-0.25, -0.2) is 0 Å². The molecule has 0 aliphatic rings. The van der Waals surface area contributed by atoms with Crippen LogP contribution in [0, 0.1) is 6.92 Å². The minimum atomic E-state index is 0.546. The summed E-state index contributed by atoms with van der Waals surface area (Å²) in [5.74, 6) is 2.02. The second-order valence-corrected chi connectivity index (χ2v) is 4.55. The van der Waals surface area contributed by atoms with Crippen LogP contribution in [0.2, 0.25) is 0 Å². The van der Waals surface area contributed by atoms with Crippen LogP contribution in [-0.2, 0) is 24.4 Å². The fraction of sp³-hybridized carbons (Fsp3) is 0.375. The SMILES string of the molecule is CCCc1cc(C)c(COCc2ccccc2)o1. The van der Waals surface area contributed by atoms with E-state index < -0.39 is 0 Å². The first kappa shape index (κ1) is 12.9. The van der Waals surface area contributed by atoms with Crippen LogP contribution in [0.1, 0.15) is 36.0 Å². The van der Waals surface area contributed by atoms with Crippen molar-refractivity contribution in [2.24, 2.45) is 0 Å². The molecule has 0 fully saturated rings. The summed E-state index contributed by atoms with van der Waals surface area (Å²) >= 11 is 0. The van der Waals surface area contributed by atoms with Gasteiger partial charge in [0.05, 0.1) is 6.61 Å². The van der Waals surface area contributed by atoms with Gasteiger partial charge in [-0.3, -0.25) is 0 Å². The Morgan fingerprint density at radius 2 is 1.89 bits per heavy atom. The standard InChI is InChI=1S/C16H20O2/c1-3-7-15-10-13(2)16(18-15)12-17-11-14-8-5-4-6-9-14/h4-6,8-10H,3,7,11-12H2,1-2H3. The van der Waals surface area contributed by atoms with Gasteiger partial charge in [-0.15, -0.1) is 0 Å². The van der Waals surface area contributed by atoms with E-state index in [0.717, 1.165) is 24.4 Å². The van der Waals surface area contributed by atoms with E-state index in [-0.39, 0.29) is 0 Å². The number of ether oxygens (including phenoxy) is 1. The Kier molecular flexibility index (Phi) is 4.59. The van der Waals surface area contributed by atoms with Crippen molar-refractivity contribution in [1.29, 1.82) is 0 Å². The molecule has 2 aromatic rings. The minimum absolute atomic E-state index is 0.546. The third kappa shape index (κ3) is 3.47. The van der Waals surface area contributed by atoms with E-state index in [1.807, 2.05) is 18.2 Å². The lowest BCUT2D eigenvalue weighted by atomic mass is 10.2. The quantitative estimate of drug-likeness (QED) is 0.757. The fourth-order valence-electron chi connectivity index (χ4n) is 1.94. The van der Waals surface area contributed by atoms with E-state index in [9.17, 15) is 0 Å². The molecule has 0 radical (unpaired) electrons. The van der Waals surface area contributed by atoms with Gasteiger partial charge in [0.2, 0.25) is 0 Å². The normalized spacial score (nSPS) is 10.8. The van der Waals surface area contributed by atoms with Crippen molar-refractivity contribution in [2.45, 2.75) is 39.9 Å².